The van der Waals surface area contributed by atoms with Gasteiger partial charge >= 0.3 is 6.61 Å². The molecule has 0 aliphatic heterocycles. The predicted molar refractivity (Wildman–Crippen MR) is 60.4 cm³/mol. The van der Waals surface area contributed by atoms with E-state index in [-0.39, 0.29) is 22.6 Å². The highest BCUT2D eigenvalue weighted by Crippen LogP contribution is 2.37. The van der Waals surface area contributed by atoms with Crippen molar-refractivity contribution in [3.05, 3.63) is 23.3 Å². The summed E-state index contributed by atoms with van der Waals surface area (Å²) in [6.45, 7) is -1.14. The van der Waals surface area contributed by atoms with E-state index in [0.29, 0.717) is 12.5 Å². The van der Waals surface area contributed by atoms with Crippen molar-refractivity contribution < 1.29 is 28.2 Å². The molecule has 1 aromatic carbocycles. The number of alkyl halides is 2. The number of aromatic carboxylic acids is 1. The number of benzene rings is 1. The molecule has 0 saturated heterocycles. The number of carbonyl (C=O) groups excluding carboxylic acids is 1. The summed E-state index contributed by atoms with van der Waals surface area (Å²) in [5.41, 5.74) is 0.145. The summed E-state index contributed by atoms with van der Waals surface area (Å²) in [4.78, 5) is 10.9. The normalized spacial score (nSPS) is 14.5. The number of hydrogen-bond donors (Lipinski definition) is 0. The molecule has 4 nitrogen and oxygen atoms in total. The molecule has 0 N–H and O–H groups in total. The predicted octanol–water partition coefficient (Wildman–Crippen LogP) is 1.75. The van der Waals surface area contributed by atoms with Crippen LogP contribution in [0.5, 0.6) is 11.5 Å². The van der Waals surface area contributed by atoms with Gasteiger partial charge in [0, 0.05) is 11.1 Å². The van der Waals surface area contributed by atoms with Crippen LogP contribution in [0.4, 0.5) is 8.78 Å². The fourth-order valence-electron chi connectivity index (χ4n) is 1.74. The standard InChI is InChI=1S/C13H14F2O4/c1-7-9(12(16)17)4-5-10(19-13(14)15)11(7)18-6-8-2-3-8/h4-5,8,13H,2-3,6H2,1H3,(H,16,17)/p-1. The smallest absolute Gasteiger partial charge is 0.387 e. The van der Waals surface area contributed by atoms with Gasteiger partial charge in [-0.15, -0.1) is 0 Å². The lowest BCUT2D eigenvalue weighted by molar-refractivity contribution is -0.255. The molecule has 0 spiro atoms. The molecule has 0 heterocycles. The molecule has 1 fully saturated rings. The highest BCUT2D eigenvalue weighted by Gasteiger charge is 2.24. The molecule has 1 aromatic rings. The lowest BCUT2D eigenvalue weighted by Crippen LogP contribution is -2.23. The molecule has 1 aliphatic carbocycles. The van der Waals surface area contributed by atoms with Gasteiger partial charge in [0.15, 0.2) is 11.5 Å². The van der Waals surface area contributed by atoms with E-state index in [4.69, 9.17) is 4.74 Å². The summed E-state index contributed by atoms with van der Waals surface area (Å²) in [7, 11) is 0. The van der Waals surface area contributed by atoms with Crippen molar-refractivity contribution in [2.24, 2.45) is 5.92 Å². The van der Waals surface area contributed by atoms with E-state index in [0.717, 1.165) is 18.9 Å². The number of hydrogen-bond acceptors (Lipinski definition) is 4. The third-order valence-corrected chi connectivity index (χ3v) is 2.97. The van der Waals surface area contributed by atoms with E-state index in [2.05, 4.69) is 4.74 Å². The molecule has 2 rings (SSSR count). The Morgan fingerprint density at radius 1 is 1.47 bits per heavy atom. The van der Waals surface area contributed by atoms with Gasteiger partial charge in [-0.3, -0.25) is 0 Å². The molecule has 1 aliphatic rings. The van der Waals surface area contributed by atoms with Crippen LogP contribution in [0.25, 0.3) is 0 Å². The van der Waals surface area contributed by atoms with Gasteiger partial charge < -0.3 is 19.4 Å². The zero-order chi connectivity index (χ0) is 14.0. The van der Waals surface area contributed by atoms with Crippen LogP contribution in [0, 0.1) is 12.8 Å². The highest BCUT2D eigenvalue weighted by molar-refractivity contribution is 5.89. The average Bonchev–Trinajstić information content (AvgIpc) is 3.11. The summed E-state index contributed by atoms with van der Waals surface area (Å²) < 4.78 is 34.4. The number of ether oxygens (including phenoxy) is 2. The second-order valence-electron chi connectivity index (χ2n) is 4.49. The molecule has 0 unspecified atom stereocenters. The van der Waals surface area contributed by atoms with E-state index < -0.39 is 12.6 Å². The molecule has 0 bridgehead atoms. The fraction of sp³-hybridized carbons (Fsp3) is 0.462. The van der Waals surface area contributed by atoms with Crippen LogP contribution >= 0.6 is 0 Å². The van der Waals surface area contributed by atoms with Gasteiger partial charge in [0.05, 0.1) is 12.6 Å². The first-order chi connectivity index (χ1) is 8.99. The maximum atomic E-state index is 12.3. The average molecular weight is 271 g/mol. The lowest BCUT2D eigenvalue weighted by Gasteiger charge is -2.17. The Balaban J connectivity index is 2.29. The Morgan fingerprint density at radius 2 is 2.16 bits per heavy atom. The largest absolute Gasteiger partial charge is 0.545 e. The van der Waals surface area contributed by atoms with Gasteiger partial charge in [0.2, 0.25) is 0 Å². The third kappa shape index (κ3) is 3.33. The SMILES string of the molecule is Cc1c(C(=O)[O-])ccc(OC(F)F)c1OCC1CC1. The molecular weight excluding hydrogens is 258 g/mol. The van der Waals surface area contributed by atoms with Crippen LogP contribution in [0.3, 0.4) is 0 Å². The van der Waals surface area contributed by atoms with Gasteiger partial charge in [-0.2, -0.15) is 8.78 Å². The minimum atomic E-state index is -2.99. The van der Waals surface area contributed by atoms with Crippen LogP contribution in [-0.4, -0.2) is 19.2 Å². The number of carboxylic acids is 1. The van der Waals surface area contributed by atoms with Gasteiger partial charge in [0.25, 0.3) is 0 Å². The van der Waals surface area contributed by atoms with E-state index in [1.54, 1.807) is 0 Å². The van der Waals surface area contributed by atoms with Crippen molar-refractivity contribution in [2.75, 3.05) is 6.61 Å². The van der Waals surface area contributed by atoms with Gasteiger partial charge in [-0.05, 0) is 37.8 Å². The van der Waals surface area contributed by atoms with E-state index >= 15 is 0 Å². The number of carboxylic acid groups (broad SMARTS) is 1. The minimum absolute atomic E-state index is 0.0499. The highest BCUT2D eigenvalue weighted by atomic mass is 19.3. The molecule has 0 amide bonds. The van der Waals surface area contributed by atoms with Crippen molar-refractivity contribution in [1.29, 1.82) is 0 Å². The minimum Gasteiger partial charge on any atom is -0.545 e. The summed E-state index contributed by atoms with van der Waals surface area (Å²) >= 11 is 0. The topological polar surface area (TPSA) is 58.6 Å². The molecule has 0 radical (unpaired) electrons. The lowest BCUT2D eigenvalue weighted by atomic mass is 10.1. The van der Waals surface area contributed by atoms with Gasteiger partial charge in [-0.25, -0.2) is 0 Å². The summed E-state index contributed by atoms with van der Waals surface area (Å²) in [6, 6.07) is 2.33. The quantitative estimate of drug-likeness (QED) is 0.791. The monoisotopic (exact) mass is 271 g/mol. The summed E-state index contributed by atoms with van der Waals surface area (Å²) in [6.07, 6.45) is 2.06. The fourth-order valence-corrected chi connectivity index (χ4v) is 1.74. The van der Waals surface area contributed by atoms with E-state index in [1.807, 2.05) is 0 Å². The zero-order valence-corrected chi connectivity index (χ0v) is 10.3. The Morgan fingerprint density at radius 3 is 2.68 bits per heavy atom. The Hall–Kier alpha value is -1.85. The number of rotatable bonds is 6. The molecular formula is C13H13F2O4-. The first-order valence-electron chi connectivity index (χ1n) is 5.91. The number of carbonyl (C=O) groups is 1. The molecule has 0 aromatic heterocycles. The maximum absolute atomic E-state index is 12.3. The Labute approximate surface area is 108 Å². The van der Waals surface area contributed by atoms with Gasteiger partial charge in [-0.1, -0.05) is 0 Å². The van der Waals surface area contributed by atoms with Crippen molar-refractivity contribution >= 4 is 5.97 Å². The maximum Gasteiger partial charge on any atom is 0.387 e. The molecule has 19 heavy (non-hydrogen) atoms. The van der Waals surface area contributed by atoms with Crippen molar-refractivity contribution in [2.45, 2.75) is 26.4 Å². The van der Waals surface area contributed by atoms with Crippen molar-refractivity contribution in [3.63, 3.8) is 0 Å². The van der Waals surface area contributed by atoms with Crippen LogP contribution < -0.4 is 14.6 Å². The van der Waals surface area contributed by atoms with E-state index in [1.165, 1.54) is 13.0 Å². The Kier molecular flexibility index (Phi) is 3.87. The molecule has 104 valence electrons. The first-order valence-corrected chi connectivity index (χ1v) is 5.91. The summed E-state index contributed by atoms with van der Waals surface area (Å²) in [5.74, 6) is -1.07. The van der Waals surface area contributed by atoms with Crippen LogP contribution in [0.15, 0.2) is 12.1 Å². The van der Waals surface area contributed by atoms with Crippen LogP contribution in [-0.2, 0) is 0 Å². The first kappa shape index (κ1) is 13.6. The zero-order valence-electron chi connectivity index (χ0n) is 10.3. The Bertz CT molecular complexity index is 484. The van der Waals surface area contributed by atoms with Crippen LogP contribution in [0.1, 0.15) is 28.8 Å². The van der Waals surface area contributed by atoms with Crippen molar-refractivity contribution in [1.82, 2.24) is 0 Å². The molecule has 0 atom stereocenters. The summed E-state index contributed by atoms with van der Waals surface area (Å²) in [5, 5.41) is 10.9. The molecule has 1 saturated carbocycles. The van der Waals surface area contributed by atoms with Crippen molar-refractivity contribution in [3.8, 4) is 11.5 Å². The second kappa shape index (κ2) is 5.42. The molecule has 6 heteroatoms. The third-order valence-electron chi connectivity index (χ3n) is 2.97. The van der Waals surface area contributed by atoms with E-state index in [9.17, 15) is 18.7 Å². The van der Waals surface area contributed by atoms with Gasteiger partial charge in [0.1, 0.15) is 0 Å². The second-order valence-corrected chi connectivity index (χ2v) is 4.49. The number of halogens is 2. The van der Waals surface area contributed by atoms with Crippen LogP contribution in [0.2, 0.25) is 0 Å².